The molecule has 3 aromatic rings. The van der Waals surface area contributed by atoms with E-state index < -0.39 is 45.5 Å². The second-order valence-electron chi connectivity index (χ2n) is 7.64. The van der Waals surface area contributed by atoms with E-state index in [1.54, 1.807) is 12.1 Å². The summed E-state index contributed by atoms with van der Waals surface area (Å²) in [5.74, 6) is -3.79. The van der Waals surface area contributed by atoms with Gasteiger partial charge in [-0.05, 0) is 172 Å². The fraction of sp³-hybridized carbons (Fsp3) is 0.0870. The number of benzene rings is 3. The fourth-order valence-corrected chi connectivity index (χ4v) is 7.80. The summed E-state index contributed by atoms with van der Waals surface area (Å²) in [6.45, 7) is -2.06. The minimum atomic E-state index is -6.12. The summed E-state index contributed by atoms with van der Waals surface area (Å²) in [4.78, 5) is 38.6. The Morgan fingerprint density at radius 3 is 1.51 bits per heavy atom. The maximum absolute atomic E-state index is 13.6. The Morgan fingerprint density at radius 1 is 0.707 bits per heavy atom. The van der Waals surface area contributed by atoms with E-state index in [0.717, 1.165) is 32.5 Å². The van der Waals surface area contributed by atoms with Gasteiger partial charge in [-0.2, -0.15) is 8.78 Å². The van der Waals surface area contributed by atoms with Gasteiger partial charge in [-0.15, -0.1) is 0 Å². The lowest BCUT2D eigenvalue weighted by Gasteiger charge is -2.19. The number of ether oxygens (including phenoxy) is 3. The molecule has 0 bridgehead atoms. The lowest BCUT2D eigenvalue weighted by molar-refractivity contribution is -0.0100. The van der Waals surface area contributed by atoms with Gasteiger partial charge in [-0.3, -0.25) is 0 Å². The van der Waals surface area contributed by atoms with Crippen LogP contribution in [-0.2, 0) is 14.9 Å². The van der Waals surface area contributed by atoms with Crippen LogP contribution >= 0.6 is 136 Å². The smallest absolute Gasteiger partial charge is 0.367 e. The van der Waals surface area contributed by atoms with E-state index in [1.807, 2.05) is 148 Å². The monoisotopic (exact) mass is 1260 g/mol. The van der Waals surface area contributed by atoms with Crippen molar-refractivity contribution >= 4 is 164 Å². The molecule has 41 heavy (non-hydrogen) atoms. The van der Waals surface area contributed by atoms with Gasteiger partial charge in [-0.25, -0.2) is 22.8 Å². The normalized spacial score (nSPS) is 11.6. The van der Waals surface area contributed by atoms with Crippen molar-refractivity contribution in [2.75, 3.05) is 6.61 Å². The molecule has 3 rings (SSSR count). The minimum Gasteiger partial charge on any atom is -0.743 e. The number of alkyl halides is 2. The minimum absolute atomic E-state index is 0.191. The van der Waals surface area contributed by atoms with Crippen molar-refractivity contribution in [3.05, 3.63) is 80.6 Å². The van der Waals surface area contributed by atoms with Crippen LogP contribution in [0.1, 0.15) is 31.1 Å². The summed E-state index contributed by atoms with van der Waals surface area (Å²) in [5, 5.41) is -4.89. The average Bonchev–Trinajstić information content (AvgIpc) is 2.85. The van der Waals surface area contributed by atoms with Gasteiger partial charge in [0.25, 0.3) is 0 Å². The van der Waals surface area contributed by atoms with Gasteiger partial charge >= 0.3 is 23.2 Å². The molecule has 0 unspecified atom stereocenters. The Labute approximate surface area is 313 Å². The van der Waals surface area contributed by atoms with E-state index in [0.29, 0.717) is 7.14 Å². The third-order valence-electron chi connectivity index (χ3n) is 4.70. The number of carbonyl (C=O) groups is 3. The molecule has 9 nitrogen and oxygen atoms in total. The van der Waals surface area contributed by atoms with Gasteiger partial charge in [0.05, 0.1) is 16.7 Å². The van der Waals surface area contributed by atoms with Crippen LogP contribution in [0.25, 0.3) is 0 Å². The number of esters is 3. The molecule has 0 saturated heterocycles. The number of halogens is 8. The van der Waals surface area contributed by atoms with Crippen molar-refractivity contribution < 1.29 is 50.3 Å². The van der Waals surface area contributed by atoms with Crippen molar-refractivity contribution in [3.63, 3.8) is 0 Å². The van der Waals surface area contributed by atoms with Crippen LogP contribution in [0.5, 0.6) is 11.5 Å². The lowest BCUT2D eigenvalue weighted by atomic mass is 10.2. The molecule has 18 heteroatoms. The van der Waals surface area contributed by atoms with Crippen LogP contribution < -0.4 is 9.47 Å². The lowest BCUT2D eigenvalue weighted by Crippen LogP contribution is -2.34. The molecule has 0 amide bonds. The second kappa shape index (κ2) is 14.5. The van der Waals surface area contributed by atoms with Crippen molar-refractivity contribution in [1.82, 2.24) is 0 Å². The maximum Gasteiger partial charge on any atom is 0.367 e. The highest BCUT2D eigenvalue weighted by Gasteiger charge is 2.39. The zero-order valence-corrected chi connectivity index (χ0v) is 33.1. The van der Waals surface area contributed by atoms with Crippen LogP contribution in [-0.4, -0.2) is 42.7 Å². The zero-order valence-electron chi connectivity index (χ0n) is 19.4. The predicted octanol–water partition coefficient (Wildman–Crippen LogP) is 7.05. The van der Waals surface area contributed by atoms with Crippen molar-refractivity contribution in [3.8, 4) is 11.5 Å². The largest absolute Gasteiger partial charge is 0.743 e. The Kier molecular flexibility index (Phi) is 12.7. The first-order valence-corrected chi connectivity index (χ1v) is 18.2. The number of hydrogen-bond acceptors (Lipinski definition) is 9. The van der Waals surface area contributed by atoms with Crippen LogP contribution in [0, 0.1) is 21.4 Å². The van der Waals surface area contributed by atoms with Crippen LogP contribution in [0.3, 0.4) is 0 Å². The first-order valence-electron chi connectivity index (χ1n) is 10.3. The Bertz CT molecular complexity index is 1590. The summed E-state index contributed by atoms with van der Waals surface area (Å²) >= 11 is 12.0. The molecular weight excluding hydrogens is 1250 g/mol. The second-order valence-corrected chi connectivity index (χ2v) is 16.1. The Hall–Kier alpha value is 0.220. The van der Waals surface area contributed by atoms with E-state index in [9.17, 15) is 36.1 Å². The molecule has 0 aromatic heterocycles. The van der Waals surface area contributed by atoms with E-state index in [2.05, 4.69) is 4.74 Å². The summed E-state index contributed by atoms with van der Waals surface area (Å²) in [5.41, 5.74) is -0.149. The molecule has 0 radical (unpaired) electrons. The third-order valence-corrected chi connectivity index (χ3v) is 12.9. The van der Waals surface area contributed by atoms with E-state index >= 15 is 0 Å². The van der Waals surface area contributed by atoms with Gasteiger partial charge in [0, 0.05) is 27.5 Å². The fourth-order valence-electron chi connectivity index (χ4n) is 2.85. The van der Waals surface area contributed by atoms with Gasteiger partial charge in [0.1, 0.15) is 11.5 Å². The summed E-state index contributed by atoms with van der Waals surface area (Å²) in [6, 6.07) is 9.82. The van der Waals surface area contributed by atoms with E-state index in [-0.39, 0.29) is 22.6 Å². The molecule has 0 aliphatic heterocycles. The average molecular weight is 1260 g/mol. The predicted molar refractivity (Wildman–Crippen MR) is 190 cm³/mol. The van der Waals surface area contributed by atoms with Crippen LogP contribution in [0.4, 0.5) is 8.78 Å². The van der Waals surface area contributed by atoms with Gasteiger partial charge in [0.2, 0.25) is 0 Å². The number of hydrogen-bond donors (Lipinski definition) is 0. The molecule has 0 spiro atoms. The van der Waals surface area contributed by atoms with Gasteiger partial charge < -0.3 is 18.8 Å². The number of carbonyl (C=O) groups excluding carboxylic acids is 3. The maximum atomic E-state index is 13.6. The van der Waals surface area contributed by atoms with Gasteiger partial charge in [-0.1, -0.05) is 0 Å². The molecule has 0 heterocycles. The highest BCUT2D eigenvalue weighted by atomic mass is 127. The highest BCUT2D eigenvalue weighted by molar-refractivity contribution is 14.1. The molecule has 0 atom stereocenters. The Balaban J connectivity index is 2.00. The van der Waals surface area contributed by atoms with Gasteiger partial charge in [0.15, 0.2) is 16.7 Å². The first-order chi connectivity index (χ1) is 18.9. The summed E-state index contributed by atoms with van der Waals surface area (Å²) in [6.07, 6.45) is 0. The van der Waals surface area contributed by atoms with Crippen LogP contribution in [0.2, 0.25) is 0 Å². The molecule has 0 fully saturated rings. The summed E-state index contributed by atoms with van der Waals surface area (Å²) in [7, 11) is -6.12. The van der Waals surface area contributed by atoms with Crippen molar-refractivity contribution in [1.29, 1.82) is 0 Å². The van der Waals surface area contributed by atoms with Crippen molar-refractivity contribution in [2.45, 2.75) is 5.25 Å². The zero-order chi connectivity index (χ0) is 30.9. The molecule has 0 saturated carbocycles. The molecule has 218 valence electrons. The van der Waals surface area contributed by atoms with E-state index in [4.69, 9.17) is 9.47 Å². The van der Waals surface area contributed by atoms with E-state index in [1.165, 1.54) is 0 Å². The van der Waals surface area contributed by atoms with Crippen molar-refractivity contribution in [2.24, 2.45) is 0 Å². The summed E-state index contributed by atoms with van der Waals surface area (Å²) < 4.78 is 78.8. The third kappa shape index (κ3) is 9.36. The van der Waals surface area contributed by atoms with Crippen LogP contribution in [0.15, 0.2) is 42.5 Å². The molecular formula is C23H9F2I6O9S-. The molecule has 0 aliphatic carbocycles. The topological polar surface area (TPSA) is 136 Å². The molecule has 0 N–H and O–H groups in total. The molecule has 0 aliphatic rings. The molecule has 3 aromatic carbocycles. The number of rotatable bonds is 8. The standard InChI is InChI=1S/C23H10F2I6O9S/c24-23(25,41(35,36)37)8-38-20(32)9-1-12(39-21(33)14-3-10(26)5-16(28)18(14)30)7-13(2-9)40-22(34)15-4-11(27)6-17(29)19(15)31/h1-7H,8H2,(H,35,36,37)/p-1. The Morgan fingerprint density at radius 2 is 1.12 bits per heavy atom. The first kappa shape index (κ1) is 35.7. The SMILES string of the molecule is O=C(OCC(F)(F)S(=O)(=O)[O-])c1cc(OC(=O)c2cc(I)cc(I)c2I)cc(OC(=O)c2cc(I)cc(I)c2I)c1. The highest BCUT2D eigenvalue weighted by Crippen LogP contribution is 2.30. The quantitative estimate of drug-likeness (QED) is 0.0765.